The van der Waals surface area contributed by atoms with E-state index < -0.39 is 11.1 Å². The number of para-hydroxylation sites is 1. The highest BCUT2D eigenvalue weighted by molar-refractivity contribution is 8.00. The second kappa shape index (κ2) is 8.56. The topological polar surface area (TPSA) is 64.0 Å². The van der Waals surface area contributed by atoms with Gasteiger partial charge in [-0.15, -0.1) is 0 Å². The van der Waals surface area contributed by atoms with Crippen LogP contribution in [0, 0.1) is 5.82 Å². The van der Waals surface area contributed by atoms with Crippen molar-refractivity contribution in [2.45, 2.75) is 43.6 Å². The van der Waals surface area contributed by atoms with Gasteiger partial charge in [0.15, 0.2) is 5.16 Å². The van der Waals surface area contributed by atoms with Gasteiger partial charge >= 0.3 is 0 Å². The summed E-state index contributed by atoms with van der Waals surface area (Å²) in [6.45, 7) is 5.70. The van der Waals surface area contributed by atoms with Crippen LogP contribution in [0.3, 0.4) is 0 Å². The summed E-state index contributed by atoms with van der Waals surface area (Å²) in [5, 5.41) is 3.24. The third-order valence-corrected chi connectivity index (χ3v) is 5.62. The van der Waals surface area contributed by atoms with Crippen LogP contribution in [0.4, 0.5) is 10.1 Å². The lowest BCUT2D eigenvalue weighted by Gasteiger charge is -2.20. The minimum atomic E-state index is -0.522. The first-order chi connectivity index (χ1) is 13.4. The second-order valence-corrected chi connectivity index (χ2v) is 7.91. The fourth-order valence-corrected chi connectivity index (χ4v) is 3.81. The third-order valence-electron chi connectivity index (χ3n) is 4.55. The summed E-state index contributed by atoms with van der Waals surface area (Å²) in [4.78, 5) is 30.2. The Morgan fingerprint density at radius 3 is 2.68 bits per heavy atom. The van der Waals surface area contributed by atoms with Gasteiger partial charge in [-0.2, -0.15) is 0 Å². The highest BCUT2D eigenvalue weighted by Gasteiger charge is 2.21. The maximum absolute atomic E-state index is 13.3. The van der Waals surface area contributed by atoms with E-state index in [0.29, 0.717) is 21.7 Å². The lowest BCUT2D eigenvalue weighted by molar-refractivity contribution is -0.115. The van der Waals surface area contributed by atoms with Crippen molar-refractivity contribution in [1.82, 2.24) is 9.55 Å². The zero-order chi connectivity index (χ0) is 20.3. The summed E-state index contributed by atoms with van der Waals surface area (Å²) in [5.41, 5.74) is 0.885. The van der Waals surface area contributed by atoms with E-state index >= 15 is 0 Å². The minimum Gasteiger partial charge on any atom is -0.325 e. The van der Waals surface area contributed by atoms with Gasteiger partial charge in [-0.3, -0.25) is 14.2 Å². The minimum absolute atomic E-state index is 0.0504. The van der Waals surface area contributed by atoms with Gasteiger partial charge in [-0.05, 0) is 50.6 Å². The highest BCUT2D eigenvalue weighted by Crippen LogP contribution is 2.26. The molecule has 1 amide bonds. The van der Waals surface area contributed by atoms with Gasteiger partial charge in [0, 0.05) is 11.7 Å². The van der Waals surface area contributed by atoms with Crippen LogP contribution >= 0.6 is 11.8 Å². The number of hydrogen-bond acceptors (Lipinski definition) is 4. The molecule has 2 aromatic carbocycles. The molecule has 0 saturated carbocycles. The number of carbonyl (C=O) groups is 1. The molecule has 0 radical (unpaired) electrons. The van der Waals surface area contributed by atoms with Gasteiger partial charge < -0.3 is 5.32 Å². The molecule has 0 aliphatic carbocycles. The molecule has 28 heavy (non-hydrogen) atoms. The Morgan fingerprint density at radius 2 is 1.96 bits per heavy atom. The first-order valence-electron chi connectivity index (χ1n) is 9.15. The van der Waals surface area contributed by atoms with Crippen molar-refractivity contribution in [2.24, 2.45) is 0 Å². The number of hydrogen-bond donors (Lipinski definition) is 1. The molecule has 146 valence electrons. The normalized spacial score (nSPS) is 13.3. The van der Waals surface area contributed by atoms with Crippen molar-refractivity contribution >= 4 is 34.3 Å². The molecule has 3 aromatic rings. The molecule has 1 aromatic heterocycles. The molecule has 1 heterocycles. The molecule has 3 rings (SSSR count). The third kappa shape index (κ3) is 4.25. The Bertz CT molecular complexity index is 1070. The van der Waals surface area contributed by atoms with E-state index in [0.717, 1.165) is 6.42 Å². The Hall–Kier alpha value is -2.67. The average molecular weight is 399 g/mol. The number of halogens is 1. The van der Waals surface area contributed by atoms with Crippen LogP contribution in [0.15, 0.2) is 58.5 Å². The predicted molar refractivity (Wildman–Crippen MR) is 111 cm³/mol. The number of fused-ring (bicyclic) bond motifs is 1. The maximum Gasteiger partial charge on any atom is 0.262 e. The molecule has 5 nitrogen and oxygen atoms in total. The van der Waals surface area contributed by atoms with E-state index in [2.05, 4.69) is 10.3 Å². The molecule has 2 unspecified atom stereocenters. The molecule has 0 aliphatic rings. The Morgan fingerprint density at radius 1 is 1.21 bits per heavy atom. The monoisotopic (exact) mass is 399 g/mol. The van der Waals surface area contributed by atoms with Gasteiger partial charge in [0.2, 0.25) is 5.91 Å². The van der Waals surface area contributed by atoms with Gasteiger partial charge in [0.05, 0.1) is 16.2 Å². The summed E-state index contributed by atoms with van der Waals surface area (Å²) in [6, 6.07) is 12.9. The molecule has 1 N–H and O–H groups in total. The number of benzene rings is 2. The number of amides is 1. The van der Waals surface area contributed by atoms with E-state index in [9.17, 15) is 14.0 Å². The Labute approximate surface area is 167 Å². The zero-order valence-corrected chi connectivity index (χ0v) is 16.8. The lowest BCUT2D eigenvalue weighted by Crippen LogP contribution is -2.28. The Balaban J connectivity index is 1.91. The van der Waals surface area contributed by atoms with Gasteiger partial charge in [-0.25, -0.2) is 9.37 Å². The molecule has 0 aliphatic heterocycles. The predicted octanol–water partition coefficient (Wildman–Crippen LogP) is 4.63. The molecule has 2 atom stereocenters. The summed E-state index contributed by atoms with van der Waals surface area (Å²) < 4.78 is 15.0. The zero-order valence-electron chi connectivity index (χ0n) is 16.0. The SMILES string of the molecule is CCC(C)n1c(SC(C)C(=O)Nc2cccc(F)c2)nc2ccccc2c1=O. The van der Waals surface area contributed by atoms with Crippen LogP contribution < -0.4 is 10.9 Å². The first kappa shape index (κ1) is 20.1. The molecule has 0 fully saturated rings. The number of thioether (sulfide) groups is 1. The average Bonchev–Trinajstić information content (AvgIpc) is 2.67. The van der Waals surface area contributed by atoms with Gasteiger partial charge in [-0.1, -0.05) is 36.9 Å². The smallest absolute Gasteiger partial charge is 0.262 e. The van der Waals surface area contributed by atoms with Crippen molar-refractivity contribution in [2.75, 3.05) is 5.32 Å². The number of nitrogens with zero attached hydrogens (tertiary/aromatic N) is 2. The Kier molecular flexibility index (Phi) is 6.14. The lowest BCUT2D eigenvalue weighted by atomic mass is 10.2. The van der Waals surface area contributed by atoms with Crippen molar-refractivity contribution in [3.63, 3.8) is 0 Å². The quantitative estimate of drug-likeness (QED) is 0.485. The van der Waals surface area contributed by atoms with Crippen molar-refractivity contribution in [1.29, 1.82) is 0 Å². The standard InChI is InChI=1S/C21H22FN3O2S/c1-4-13(2)25-20(27)17-10-5-6-11-18(17)24-21(25)28-14(3)19(26)23-16-9-7-8-15(22)12-16/h5-14H,4H2,1-3H3,(H,23,26). The van der Waals surface area contributed by atoms with Crippen LogP contribution in [-0.2, 0) is 4.79 Å². The number of anilines is 1. The largest absolute Gasteiger partial charge is 0.325 e. The van der Waals surface area contributed by atoms with Crippen molar-refractivity contribution in [3.8, 4) is 0 Å². The maximum atomic E-state index is 13.3. The van der Waals surface area contributed by atoms with Crippen LogP contribution in [0.25, 0.3) is 10.9 Å². The molecular formula is C21H22FN3O2S. The number of nitrogens with one attached hydrogen (secondary N) is 1. The van der Waals surface area contributed by atoms with E-state index in [-0.39, 0.29) is 17.5 Å². The highest BCUT2D eigenvalue weighted by atomic mass is 32.2. The van der Waals surface area contributed by atoms with Crippen LogP contribution in [0.1, 0.15) is 33.2 Å². The molecule has 0 bridgehead atoms. The van der Waals surface area contributed by atoms with Crippen LogP contribution in [-0.4, -0.2) is 20.7 Å². The summed E-state index contributed by atoms with van der Waals surface area (Å²) >= 11 is 1.22. The van der Waals surface area contributed by atoms with E-state index in [1.807, 2.05) is 26.0 Å². The fraction of sp³-hybridized carbons (Fsp3) is 0.286. The number of aromatic nitrogens is 2. The summed E-state index contributed by atoms with van der Waals surface area (Å²) in [7, 11) is 0. The van der Waals surface area contributed by atoms with E-state index in [1.54, 1.807) is 29.7 Å². The fourth-order valence-electron chi connectivity index (χ4n) is 2.80. The molecule has 7 heteroatoms. The summed E-state index contributed by atoms with van der Waals surface area (Å²) in [5.74, 6) is -0.700. The first-order valence-corrected chi connectivity index (χ1v) is 10.0. The van der Waals surface area contributed by atoms with Gasteiger partial charge in [0.1, 0.15) is 5.82 Å². The number of carbonyl (C=O) groups excluding carboxylic acids is 1. The van der Waals surface area contributed by atoms with Gasteiger partial charge in [0.25, 0.3) is 5.56 Å². The summed E-state index contributed by atoms with van der Waals surface area (Å²) in [6.07, 6.45) is 0.761. The molecule has 0 spiro atoms. The van der Waals surface area contributed by atoms with Crippen molar-refractivity contribution < 1.29 is 9.18 Å². The second-order valence-electron chi connectivity index (χ2n) is 6.60. The van der Waals surface area contributed by atoms with E-state index in [4.69, 9.17) is 0 Å². The van der Waals surface area contributed by atoms with Crippen LogP contribution in [0.2, 0.25) is 0 Å². The molecule has 0 saturated heterocycles. The van der Waals surface area contributed by atoms with Crippen molar-refractivity contribution in [3.05, 3.63) is 64.7 Å². The molecular weight excluding hydrogens is 377 g/mol. The van der Waals surface area contributed by atoms with E-state index in [1.165, 1.54) is 30.0 Å². The number of rotatable bonds is 6. The van der Waals surface area contributed by atoms with Crippen LogP contribution in [0.5, 0.6) is 0 Å².